The fourth-order valence-electron chi connectivity index (χ4n) is 3.69. The molecule has 0 radical (unpaired) electrons. The van der Waals surface area contributed by atoms with Crippen LogP contribution in [0.15, 0.2) is 54.6 Å². The smallest absolute Gasteiger partial charge is 0.218 e. The summed E-state index contributed by atoms with van der Waals surface area (Å²) in [5, 5.41) is 4.69. The van der Waals surface area contributed by atoms with Gasteiger partial charge in [-0.05, 0) is 36.5 Å². The van der Waals surface area contributed by atoms with Crippen molar-refractivity contribution in [3.63, 3.8) is 0 Å². The van der Waals surface area contributed by atoms with Crippen LogP contribution in [0.1, 0.15) is 12.5 Å². The van der Waals surface area contributed by atoms with Gasteiger partial charge in [-0.1, -0.05) is 30.3 Å². The average molecular weight is 397 g/mol. The van der Waals surface area contributed by atoms with Crippen LogP contribution in [0.25, 0.3) is 17.1 Å². The number of benzene rings is 2. The fourth-order valence-corrected chi connectivity index (χ4v) is 4.06. The number of hydrogen-bond donors (Lipinski definition) is 0. The summed E-state index contributed by atoms with van der Waals surface area (Å²) >= 11 is 5.72. The van der Waals surface area contributed by atoms with Crippen LogP contribution in [0, 0.1) is 10.6 Å². The van der Waals surface area contributed by atoms with Crippen molar-refractivity contribution in [3.05, 3.63) is 65.2 Å². The molecule has 2 aliphatic rings. The molecule has 2 bridgehead atoms. The van der Waals surface area contributed by atoms with Crippen molar-refractivity contribution < 1.29 is 18.7 Å². The number of carbonyl (C=O) groups is 1. The number of aromatic nitrogens is 3. The molecule has 0 N–H and O–H groups in total. The fraction of sp³-hybridized carbons (Fsp3) is 0.250. The Morgan fingerprint density at radius 2 is 1.96 bits per heavy atom. The topological polar surface area (TPSA) is 58.3 Å². The Labute approximate surface area is 165 Å². The van der Waals surface area contributed by atoms with E-state index in [4.69, 9.17) is 26.8 Å². The Hall–Kier alpha value is -2.68. The van der Waals surface area contributed by atoms with Crippen LogP contribution in [0.3, 0.4) is 0 Å². The van der Waals surface area contributed by atoms with E-state index in [9.17, 15) is 9.18 Å². The van der Waals surface area contributed by atoms with E-state index in [-0.39, 0.29) is 30.2 Å². The highest BCUT2D eigenvalue weighted by Gasteiger charge is 2.45. The predicted octanol–water partition coefficient (Wildman–Crippen LogP) is 3.46. The second kappa shape index (κ2) is 6.73. The highest BCUT2D eigenvalue weighted by atomic mass is 32.1. The molecule has 0 spiro atoms. The maximum absolute atomic E-state index is 13.9. The molecule has 142 valence electrons. The molecule has 3 atom stereocenters. The third-order valence-corrected chi connectivity index (χ3v) is 5.40. The minimum atomic E-state index is -0.783. The van der Waals surface area contributed by atoms with Crippen molar-refractivity contribution in [1.82, 2.24) is 14.3 Å². The molecule has 0 amide bonds. The molecular weight excluding hydrogens is 381 g/mol. The van der Waals surface area contributed by atoms with Gasteiger partial charge in [0, 0.05) is 17.7 Å². The van der Waals surface area contributed by atoms with Gasteiger partial charge in [-0.15, -0.1) is 0 Å². The van der Waals surface area contributed by atoms with Crippen LogP contribution in [0.2, 0.25) is 0 Å². The lowest BCUT2D eigenvalue weighted by Gasteiger charge is -2.26. The molecular formula is C20H16FN3O3S. The van der Waals surface area contributed by atoms with Gasteiger partial charge >= 0.3 is 0 Å². The van der Waals surface area contributed by atoms with Gasteiger partial charge in [0.15, 0.2) is 11.6 Å². The predicted molar refractivity (Wildman–Crippen MR) is 101 cm³/mol. The molecule has 0 saturated carbocycles. The highest BCUT2D eigenvalue weighted by molar-refractivity contribution is 7.71. The van der Waals surface area contributed by atoms with E-state index in [1.165, 1.54) is 12.1 Å². The summed E-state index contributed by atoms with van der Waals surface area (Å²) in [5.74, 6) is 0.0206. The molecule has 2 saturated heterocycles. The average Bonchev–Trinajstić information content (AvgIpc) is 3.28. The minimum Gasteiger partial charge on any atom is -0.343 e. The molecule has 1 aromatic heterocycles. The van der Waals surface area contributed by atoms with Gasteiger partial charge in [0.05, 0.1) is 12.6 Å². The number of halogens is 1. The minimum absolute atomic E-state index is 0.123. The number of para-hydroxylation sites is 1. The summed E-state index contributed by atoms with van der Waals surface area (Å²) in [6.45, 7) is 0.316. The standard InChI is InChI=1S/C20H16FN3O3S/c21-13-6-4-5-12(9-13)18-22-24(15-10-16(25)19-26-11-17(15)27-19)20(28)23(18)14-7-2-1-3-8-14/h1-9,15,17,19H,10-11H2/t15-,17+,19-/m1/s1. The Morgan fingerprint density at radius 3 is 2.75 bits per heavy atom. The number of carbonyl (C=O) groups excluding carboxylic acids is 1. The molecule has 3 aromatic rings. The summed E-state index contributed by atoms with van der Waals surface area (Å²) in [4.78, 5) is 12.2. The van der Waals surface area contributed by atoms with Crippen molar-refractivity contribution in [1.29, 1.82) is 0 Å². The Bertz CT molecular complexity index is 1110. The lowest BCUT2D eigenvalue weighted by atomic mass is 10.0. The van der Waals surface area contributed by atoms with E-state index in [0.29, 0.717) is 22.8 Å². The number of rotatable bonds is 3. The maximum Gasteiger partial charge on any atom is 0.218 e. The van der Waals surface area contributed by atoms with Gasteiger partial charge in [0.25, 0.3) is 0 Å². The second-order valence-electron chi connectivity index (χ2n) is 6.81. The van der Waals surface area contributed by atoms with E-state index in [2.05, 4.69) is 0 Å². The monoisotopic (exact) mass is 397 g/mol. The molecule has 2 aliphatic heterocycles. The van der Waals surface area contributed by atoms with Crippen LogP contribution in [-0.2, 0) is 14.3 Å². The lowest BCUT2D eigenvalue weighted by Crippen LogP contribution is -2.37. The van der Waals surface area contributed by atoms with Gasteiger partial charge < -0.3 is 9.47 Å². The van der Waals surface area contributed by atoms with Crippen molar-refractivity contribution in [2.24, 2.45) is 0 Å². The molecule has 8 heteroatoms. The van der Waals surface area contributed by atoms with Gasteiger partial charge in [-0.2, -0.15) is 5.10 Å². The molecule has 0 aliphatic carbocycles. The Balaban J connectivity index is 1.70. The van der Waals surface area contributed by atoms with E-state index >= 15 is 0 Å². The number of nitrogens with zero attached hydrogens (tertiary/aromatic N) is 3. The van der Waals surface area contributed by atoms with Crippen LogP contribution < -0.4 is 0 Å². The third kappa shape index (κ3) is 2.81. The third-order valence-electron chi connectivity index (χ3n) is 5.03. The maximum atomic E-state index is 13.9. The van der Waals surface area contributed by atoms with Crippen molar-refractivity contribution in [2.45, 2.75) is 24.9 Å². The SMILES string of the molecule is O=C1C[C@@H](n2nc(-c3cccc(F)c3)n(-c3ccccc3)c2=S)[C@@H]2CO[C@@H]1O2. The van der Waals surface area contributed by atoms with Crippen molar-refractivity contribution >= 4 is 18.0 Å². The van der Waals surface area contributed by atoms with E-state index in [0.717, 1.165) is 5.69 Å². The van der Waals surface area contributed by atoms with E-state index < -0.39 is 6.29 Å². The molecule has 28 heavy (non-hydrogen) atoms. The van der Waals surface area contributed by atoms with Crippen LogP contribution in [0.4, 0.5) is 4.39 Å². The first-order chi connectivity index (χ1) is 13.6. The second-order valence-corrected chi connectivity index (χ2v) is 7.17. The van der Waals surface area contributed by atoms with Gasteiger partial charge in [-0.3, -0.25) is 9.36 Å². The van der Waals surface area contributed by atoms with Gasteiger partial charge in [0.1, 0.15) is 11.9 Å². The summed E-state index contributed by atoms with van der Waals surface area (Å²) in [5.41, 5.74) is 1.40. The number of ketones is 1. The Kier molecular flexibility index (Phi) is 4.19. The largest absolute Gasteiger partial charge is 0.343 e. The first-order valence-corrected chi connectivity index (χ1v) is 9.35. The molecule has 2 aromatic carbocycles. The quantitative estimate of drug-likeness (QED) is 0.634. The molecule has 5 rings (SSSR count). The lowest BCUT2D eigenvalue weighted by molar-refractivity contribution is -0.156. The highest BCUT2D eigenvalue weighted by Crippen LogP contribution is 2.34. The first-order valence-electron chi connectivity index (χ1n) is 8.94. The number of fused-ring (bicyclic) bond motifs is 2. The number of ether oxygens (including phenoxy) is 2. The summed E-state index contributed by atoms with van der Waals surface area (Å²) in [7, 11) is 0. The zero-order valence-electron chi connectivity index (χ0n) is 14.7. The zero-order valence-corrected chi connectivity index (χ0v) is 15.5. The van der Waals surface area contributed by atoms with Crippen LogP contribution >= 0.6 is 12.2 Å². The normalized spacial score (nSPS) is 23.9. The van der Waals surface area contributed by atoms with Gasteiger partial charge in [-0.25, -0.2) is 9.07 Å². The number of Topliss-reactive ketones (excluding diaryl/α,β-unsaturated/α-hetero) is 1. The van der Waals surface area contributed by atoms with Crippen LogP contribution in [0.5, 0.6) is 0 Å². The summed E-state index contributed by atoms with van der Waals surface area (Å²) in [6.07, 6.45) is -0.846. The van der Waals surface area contributed by atoms with Crippen molar-refractivity contribution in [3.8, 4) is 17.1 Å². The zero-order chi connectivity index (χ0) is 19.3. The molecule has 0 unspecified atom stereocenters. The number of hydrogen-bond acceptors (Lipinski definition) is 5. The van der Waals surface area contributed by atoms with Crippen molar-refractivity contribution in [2.75, 3.05) is 6.61 Å². The first kappa shape index (κ1) is 17.4. The summed E-state index contributed by atoms with van der Waals surface area (Å²) < 4.78 is 28.8. The van der Waals surface area contributed by atoms with Gasteiger partial charge in [0.2, 0.25) is 11.1 Å². The molecule has 2 fully saturated rings. The van der Waals surface area contributed by atoms with E-state index in [1.54, 1.807) is 21.4 Å². The molecule has 3 heterocycles. The van der Waals surface area contributed by atoms with Crippen LogP contribution in [-0.4, -0.2) is 39.1 Å². The Morgan fingerprint density at radius 1 is 1.14 bits per heavy atom. The molecule has 6 nitrogen and oxygen atoms in total. The summed E-state index contributed by atoms with van der Waals surface area (Å²) in [6, 6.07) is 15.3. The van der Waals surface area contributed by atoms with E-state index in [1.807, 2.05) is 30.3 Å².